The predicted molar refractivity (Wildman–Crippen MR) is 80.9 cm³/mol. The summed E-state index contributed by atoms with van der Waals surface area (Å²) >= 11 is 0. The fourth-order valence-electron chi connectivity index (χ4n) is 2.02. The average Bonchev–Trinajstić information content (AvgIpc) is 2.48. The first kappa shape index (κ1) is 14.0. The van der Waals surface area contributed by atoms with Crippen LogP contribution in [0.1, 0.15) is 23.6 Å². The topological polar surface area (TPSA) is 43.1 Å². The van der Waals surface area contributed by atoms with Crippen LogP contribution in [0.25, 0.3) is 6.08 Å². The molecular weight excluding hydrogens is 250 g/mol. The molecule has 0 fully saturated rings. The van der Waals surface area contributed by atoms with Crippen molar-refractivity contribution in [1.29, 1.82) is 0 Å². The molecular formula is C17H17NO2. The van der Waals surface area contributed by atoms with Gasteiger partial charge in [0.2, 0.25) is 0 Å². The molecule has 0 radical (unpaired) electrons. The minimum Gasteiger partial charge on any atom is -0.259 e. The largest absolute Gasteiger partial charge is 0.259 e. The Hall–Kier alpha value is -2.42. The summed E-state index contributed by atoms with van der Waals surface area (Å²) in [5, 5.41) is 11.2. The van der Waals surface area contributed by atoms with Gasteiger partial charge in [0.05, 0.1) is 11.3 Å². The highest BCUT2D eigenvalue weighted by Gasteiger charge is 2.11. The quantitative estimate of drug-likeness (QED) is 0.604. The standard InChI is InChI=1S/C17H17NO2/c1-2-14-8-10-16(11-9-14)13-17(18(19)20)12-15-6-4-3-5-7-15/h3-11,13H,2,12H2,1H3. The van der Waals surface area contributed by atoms with Gasteiger partial charge < -0.3 is 0 Å². The molecule has 0 unspecified atom stereocenters. The van der Waals surface area contributed by atoms with Crippen LogP contribution in [-0.2, 0) is 12.8 Å². The highest BCUT2D eigenvalue weighted by atomic mass is 16.6. The van der Waals surface area contributed by atoms with E-state index in [1.807, 2.05) is 54.6 Å². The van der Waals surface area contributed by atoms with Crippen LogP contribution in [0.4, 0.5) is 0 Å². The van der Waals surface area contributed by atoms with Crippen molar-refractivity contribution < 1.29 is 4.92 Å². The Labute approximate surface area is 118 Å². The van der Waals surface area contributed by atoms with E-state index in [0.717, 1.165) is 17.5 Å². The first-order valence-corrected chi connectivity index (χ1v) is 6.67. The molecule has 0 saturated heterocycles. The van der Waals surface area contributed by atoms with Gasteiger partial charge in [-0.05, 0) is 23.1 Å². The molecule has 20 heavy (non-hydrogen) atoms. The molecule has 0 aliphatic heterocycles. The highest BCUT2D eigenvalue weighted by Crippen LogP contribution is 2.14. The van der Waals surface area contributed by atoms with Gasteiger partial charge in [-0.1, -0.05) is 61.5 Å². The van der Waals surface area contributed by atoms with Crippen molar-refractivity contribution in [2.24, 2.45) is 0 Å². The molecule has 0 N–H and O–H groups in total. The van der Waals surface area contributed by atoms with Crippen LogP contribution in [0.2, 0.25) is 0 Å². The summed E-state index contributed by atoms with van der Waals surface area (Å²) in [4.78, 5) is 10.9. The molecule has 2 aromatic carbocycles. The van der Waals surface area contributed by atoms with Gasteiger partial charge in [0.1, 0.15) is 0 Å². The van der Waals surface area contributed by atoms with E-state index in [4.69, 9.17) is 0 Å². The fraction of sp³-hybridized carbons (Fsp3) is 0.176. The zero-order valence-corrected chi connectivity index (χ0v) is 11.5. The van der Waals surface area contributed by atoms with Gasteiger partial charge in [0.25, 0.3) is 5.70 Å². The van der Waals surface area contributed by atoms with E-state index in [1.54, 1.807) is 6.08 Å². The normalized spacial score (nSPS) is 11.3. The van der Waals surface area contributed by atoms with Crippen LogP contribution in [0, 0.1) is 10.1 Å². The maximum absolute atomic E-state index is 11.2. The summed E-state index contributed by atoms with van der Waals surface area (Å²) in [5.41, 5.74) is 3.25. The minimum absolute atomic E-state index is 0.209. The summed E-state index contributed by atoms with van der Waals surface area (Å²) in [6.45, 7) is 2.09. The van der Waals surface area contributed by atoms with Crippen LogP contribution in [0.3, 0.4) is 0 Å². The second-order valence-corrected chi connectivity index (χ2v) is 4.65. The number of hydrogen-bond acceptors (Lipinski definition) is 2. The average molecular weight is 267 g/mol. The predicted octanol–water partition coefficient (Wildman–Crippen LogP) is 4.11. The van der Waals surface area contributed by atoms with Crippen molar-refractivity contribution in [3.05, 3.63) is 87.1 Å². The third-order valence-electron chi connectivity index (χ3n) is 3.18. The maximum Gasteiger partial charge on any atom is 0.251 e. The maximum atomic E-state index is 11.2. The Morgan fingerprint density at radius 3 is 2.25 bits per heavy atom. The van der Waals surface area contributed by atoms with Gasteiger partial charge in [0, 0.05) is 6.08 Å². The number of nitrogens with zero attached hydrogens (tertiary/aromatic N) is 1. The van der Waals surface area contributed by atoms with Crippen molar-refractivity contribution in [3.8, 4) is 0 Å². The molecule has 0 aliphatic carbocycles. The molecule has 3 nitrogen and oxygen atoms in total. The SMILES string of the molecule is CCc1ccc(C=C(Cc2ccccc2)[N+](=O)[O-])cc1. The number of hydrogen-bond donors (Lipinski definition) is 0. The third kappa shape index (κ3) is 3.79. The smallest absolute Gasteiger partial charge is 0.251 e. The lowest BCUT2D eigenvalue weighted by Gasteiger charge is -2.01. The Morgan fingerprint density at radius 1 is 1.05 bits per heavy atom. The molecule has 0 aliphatic rings. The molecule has 0 aromatic heterocycles. The van der Waals surface area contributed by atoms with E-state index in [0.29, 0.717) is 6.42 Å². The van der Waals surface area contributed by atoms with Crippen LogP contribution in [0.15, 0.2) is 60.3 Å². The van der Waals surface area contributed by atoms with E-state index in [-0.39, 0.29) is 10.6 Å². The first-order valence-electron chi connectivity index (χ1n) is 6.67. The van der Waals surface area contributed by atoms with Crippen molar-refractivity contribution in [2.75, 3.05) is 0 Å². The molecule has 0 heterocycles. The van der Waals surface area contributed by atoms with E-state index in [1.165, 1.54) is 5.56 Å². The number of benzene rings is 2. The van der Waals surface area contributed by atoms with E-state index < -0.39 is 0 Å². The van der Waals surface area contributed by atoms with Crippen molar-refractivity contribution >= 4 is 6.08 Å². The zero-order chi connectivity index (χ0) is 14.4. The van der Waals surface area contributed by atoms with Crippen molar-refractivity contribution in [3.63, 3.8) is 0 Å². The first-order chi connectivity index (χ1) is 9.69. The van der Waals surface area contributed by atoms with Gasteiger partial charge in [0.15, 0.2) is 0 Å². The van der Waals surface area contributed by atoms with Gasteiger partial charge in [-0.2, -0.15) is 0 Å². The molecule has 102 valence electrons. The number of rotatable bonds is 5. The molecule has 0 bridgehead atoms. The Bertz CT molecular complexity index is 601. The summed E-state index contributed by atoms with van der Waals surface area (Å²) in [5.74, 6) is 0. The van der Waals surface area contributed by atoms with Crippen molar-refractivity contribution in [2.45, 2.75) is 19.8 Å². The fourth-order valence-corrected chi connectivity index (χ4v) is 2.02. The lowest BCUT2D eigenvalue weighted by atomic mass is 10.1. The Kier molecular flexibility index (Phi) is 4.66. The van der Waals surface area contributed by atoms with Gasteiger partial charge >= 0.3 is 0 Å². The van der Waals surface area contributed by atoms with Crippen molar-refractivity contribution in [1.82, 2.24) is 0 Å². The van der Waals surface area contributed by atoms with E-state index in [2.05, 4.69) is 6.92 Å². The van der Waals surface area contributed by atoms with E-state index >= 15 is 0 Å². The number of allylic oxidation sites excluding steroid dienone is 1. The van der Waals surface area contributed by atoms with Crippen LogP contribution >= 0.6 is 0 Å². The molecule has 2 aromatic rings. The summed E-state index contributed by atoms with van der Waals surface area (Å²) in [6.07, 6.45) is 2.95. The van der Waals surface area contributed by atoms with Gasteiger partial charge in [-0.25, -0.2) is 0 Å². The minimum atomic E-state index is -0.305. The van der Waals surface area contributed by atoms with Gasteiger partial charge in [-0.3, -0.25) is 10.1 Å². The molecule has 0 amide bonds. The Balaban J connectivity index is 2.23. The second kappa shape index (κ2) is 6.66. The lowest BCUT2D eigenvalue weighted by molar-refractivity contribution is -0.425. The molecule has 0 saturated carbocycles. The third-order valence-corrected chi connectivity index (χ3v) is 3.18. The number of aryl methyl sites for hydroxylation is 1. The number of nitro groups is 1. The van der Waals surface area contributed by atoms with E-state index in [9.17, 15) is 10.1 Å². The summed E-state index contributed by atoms with van der Waals surface area (Å²) < 4.78 is 0. The zero-order valence-electron chi connectivity index (χ0n) is 11.5. The summed E-state index contributed by atoms with van der Waals surface area (Å²) in [7, 11) is 0. The molecule has 0 atom stereocenters. The van der Waals surface area contributed by atoms with Crippen LogP contribution in [-0.4, -0.2) is 4.92 Å². The second-order valence-electron chi connectivity index (χ2n) is 4.65. The van der Waals surface area contributed by atoms with Gasteiger partial charge in [-0.15, -0.1) is 0 Å². The molecule has 2 rings (SSSR count). The monoisotopic (exact) mass is 267 g/mol. The van der Waals surface area contributed by atoms with Crippen LogP contribution in [0.5, 0.6) is 0 Å². The Morgan fingerprint density at radius 2 is 1.70 bits per heavy atom. The summed E-state index contributed by atoms with van der Waals surface area (Å²) in [6, 6.07) is 17.3. The molecule has 0 spiro atoms. The lowest BCUT2D eigenvalue weighted by Crippen LogP contribution is -2.02. The van der Waals surface area contributed by atoms with Crippen LogP contribution < -0.4 is 0 Å². The highest BCUT2D eigenvalue weighted by molar-refractivity contribution is 5.52. The molecule has 3 heteroatoms.